The zero-order valence-corrected chi connectivity index (χ0v) is 32.6. The Labute approximate surface area is 293 Å². The summed E-state index contributed by atoms with van der Waals surface area (Å²) in [5.41, 5.74) is 0. The van der Waals surface area contributed by atoms with Crippen molar-refractivity contribution in [3.05, 3.63) is 24.3 Å². The summed E-state index contributed by atoms with van der Waals surface area (Å²) in [6.45, 7) is 6.59. The van der Waals surface area contributed by atoms with Gasteiger partial charge in [-0.25, -0.2) is 0 Å². The lowest BCUT2D eigenvalue weighted by atomic mass is 9.86. The van der Waals surface area contributed by atoms with Crippen LogP contribution in [0, 0.1) is 5.92 Å². The van der Waals surface area contributed by atoms with Gasteiger partial charge >= 0.3 is 0 Å². The number of Topliss-reactive ketones (excluding diaryl/α,β-unsaturated/α-hetero) is 2. The van der Waals surface area contributed by atoms with Gasteiger partial charge in [-0.2, -0.15) is 0 Å². The summed E-state index contributed by atoms with van der Waals surface area (Å²) in [6, 6.07) is -0.0266. The number of rotatable bonds is 34. The molecule has 3 nitrogen and oxygen atoms in total. The van der Waals surface area contributed by atoms with Gasteiger partial charge in [0, 0.05) is 18.9 Å². The van der Waals surface area contributed by atoms with E-state index in [1.165, 1.54) is 141 Å². The van der Waals surface area contributed by atoms with Gasteiger partial charge in [-0.05, 0) is 85.2 Å². The van der Waals surface area contributed by atoms with Gasteiger partial charge in [-0.15, -0.1) is 17.0 Å². The molecule has 1 atom stereocenters. The standard InChI is InChI=1S/C41H77NO2.BrH/c1-6-8-10-12-14-16-18-20-22-24-26-28-30-32-34-36-39(43)41(38(3)42(4)5)40(44)37-35-33-31-29-27-25-23-21-19-17-15-13-11-9-7-2;/h20-23,38,41H,6-19,24-37H2,1-5H3;1H/b22-20-,23-21-;. The summed E-state index contributed by atoms with van der Waals surface area (Å²) in [6.07, 6.45) is 43.2. The highest BCUT2D eigenvalue weighted by molar-refractivity contribution is 8.93. The van der Waals surface area contributed by atoms with Crippen LogP contribution in [-0.4, -0.2) is 36.6 Å². The molecule has 0 spiro atoms. The van der Waals surface area contributed by atoms with Gasteiger partial charge in [-0.1, -0.05) is 141 Å². The van der Waals surface area contributed by atoms with Crippen LogP contribution < -0.4 is 0 Å². The number of allylic oxidation sites excluding steroid dienone is 4. The Balaban J connectivity index is 0. The molecule has 0 aliphatic rings. The third-order valence-corrected chi connectivity index (χ3v) is 9.36. The molecule has 0 aliphatic heterocycles. The van der Waals surface area contributed by atoms with Crippen molar-refractivity contribution in [2.45, 2.75) is 207 Å². The minimum absolute atomic E-state index is 0. The van der Waals surface area contributed by atoms with Crippen molar-refractivity contribution in [2.24, 2.45) is 5.92 Å². The fourth-order valence-electron chi connectivity index (χ4n) is 6.07. The number of halogens is 1. The van der Waals surface area contributed by atoms with Crippen molar-refractivity contribution in [3.63, 3.8) is 0 Å². The summed E-state index contributed by atoms with van der Waals surface area (Å²) >= 11 is 0. The zero-order valence-electron chi connectivity index (χ0n) is 30.9. The fraction of sp³-hybridized carbons (Fsp3) is 0.854. The van der Waals surface area contributed by atoms with Gasteiger partial charge in [0.05, 0.1) is 5.92 Å². The van der Waals surface area contributed by atoms with E-state index >= 15 is 0 Å². The van der Waals surface area contributed by atoms with Gasteiger partial charge in [0.25, 0.3) is 0 Å². The first-order valence-corrected chi connectivity index (χ1v) is 19.5. The van der Waals surface area contributed by atoms with Crippen LogP contribution in [-0.2, 0) is 9.59 Å². The van der Waals surface area contributed by atoms with E-state index in [1.54, 1.807) is 0 Å². The zero-order chi connectivity index (χ0) is 32.5. The maximum Gasteiger partial charge on any atom is 0.144 e. The van der Waals surface area contributed by atoms with Gasteiger partial charge in [0.1, 0.15) is 11.6 Å². The molecule has 0 amide bonds. The second kappa shape index (κ2) is 36.1. The van der Waals surface area contributed by atoms with E-state index in [-0.39, 0.29) is 34.6 Å². The third-order valence-electron chi connectivity index (χ3n) is 9.36. The third kappa shape index (κ3) is 30.3. The first-order chi connectivity index (χ1) is 21.5. The van der Waals surface area contributed by atoms with Crippen molar-refractivity contribution >= 4 is 28.5 Å². The Hall–Kier alpha value is -0.740. The molecule has 0 aromatic heterocycles. The van der Waals surface area contributed by atoms with Crippen LogP contribution in [0.5, 0.6) is 0 Å². The summed E-state index contributed by atoms with van der Waals surface area (Å²) in [4.78, 5) is 28.4. The van der Waals surface area contributed by atoms with Crippen molar-refractivity contribution in [1.82, 2.24) is 4.90 Å². The van der Waals surface area contributed by atoms with Crippen LogP contribution in [0.4, 0.5) is 0 Å². The normalized spacial score (nSPS) is 12.5. The van der Waals surface area contributed by atoms with Crippen LogP contribution in [0.15, 0.2) is 24.3 Å². The molecular weight excluding hydrogens is 618 g/mol. The molecule has 0 fully saturated rings. The molecule has 0 heterocycles. The molecule has 0 saturated carbocycles. The van der Waals surface area contributed by atoms with Crippen molar-refractivity contribution < 1.29 is 9.59 Å². The molecule has 0 aliphatic carbocycles. The Morgan fingerprint density at radius 2 is 0.733 bits per heavy atom. The first kappa shape index (κ1) is 46.4. The number of hydrogen-bond donors (Lipinski definition) is 0. The van der Waals surface area contributed by atoms with Gasteiger partial charge in [-0.3, -0.25) is 9.59 Å². The van der Waals surface area contributed by atoms with Gasteiger partial charge < -0.3 is 4.90 Å². The van der Waals surface area contributed by atoms with Crippen molar-refractivity contribution in [3.8, 4) is 0 Å². The van der Waals surface area contributed by atoms with Gasteiger partial charge in [0.2, 0.25) is 0 Å². The van der Waals surface area contributed by atoms with Crippen LogP contribution in [0.25, 0.3) is 0 Å². The molecule has 45 heavy (non-hydrogen) atoms. The Bertz CT molecular complexity index is 650. The highest BCUT2D eigenvalue weighted by Gasteiger charge is 2.31. The van der Waals surface area contributed by atoms with E-state index < -0.39 is 5.92 Å². The summed E-state index contributed by atoms with van der Waals surface area (Å²) in [5, 5.41) is 0. The lowest BCUT2D eigenvalue weighted by Crippen LogP contribution is -2.41. The maximum atomic E-state index is 13.2. The van der Waals surface area contributed by atoms with E-state index in [2.05, 4.69) is 38.2 Å². The number of carbonyl (C=O) groups excluding carboxylic acids is 2. The van der Waals surface area contributed by atoms with E-state index in [0.29, 0.717) is 12.8 Å². The highest BCUT2D eigenvalue weighted by Crippen LogP contribution is 2.20. The molecule has 0 rings (SSSR count). The van der Waals surface area contributed by atoms with E-state index in [9.17, 15) is 9.59 Å². The predicted molar refractivity (Wildman–Crippen MR) is 206 cm³/mol. The molecular formula is C41H78BrNO2. The molecule has 0 saturated heterocycles. The SMILES string of the molecule is Br.CCCCCCCC/C=C\CCCCCCCC(=O)C(C(=O)CCCCCCC/C=C\CCCCCCCC)C(C)N(C)C. The van der Waals surface area contributed by atoms with E-state index in [4.69, 9.17) is 0 Å². The monoisotopic (exact) mass is 696 g/mol. The average molecular weight is 697 g/mol. The minimum atomic E-state index is -0.460. The molecule has 0 aromatic carbocycles. The second-order valence-electron chi connectivity index (χ2n) is 13.8. The quantitative estimate of drug-likeness (QED) is 0.0382. The molecule has 0 aromatic rings. The maximum absolute atomic E-state index is 13.2. The summed E-state index contributed by atoms with van der Waals surface area (Å²) < 4.78 is 0. The first-order valence-electron chi connectivity index (χ1n) is 19.5. The minimum Gasteiger partial charge on any atom is -0.306 e. The van der Waals surface area contributed by atoms with Crippen molar-refractivity contribution in [2.75, 3.05) is 14.1 Å². The Kier molecular flexibility index (Phi) is 37.2. The average Bonchev–Trinajstić information content (AvgIpc) is 3.01. The largest absolute Gasteiger partial charge is 0.306 e. The summed E-state index contributed by atoms with van der Waals surface area (Å²) in [5.74, 6) is -0.123. The van der Waals surface area contributed by atoms with Crippen LogP contribution in [0.2, 0.25) is 0 Å². The molecule has 266 valence electrons. The number of nitrogens with zero attached hydrogens (tertiary/aromatic N) is 1. The molecule has 1 unspecified atom stereocenters. The number of hydrogen-bond acceptors (Lipinski definition) is 3. The van der Waals surface area contributed by atoms with E-state index in [0.717, 1.165) is 25.7 Å². The molecule has 0 N–H and O–H groups in total. The van der Waals surface area contributed by atoms with Crippen LogP contribution in [0.3, 0.4) is 0 Å². The van der Waals surface area contributed by atoms with E-state index in [1.807, 2.05) is 25.9 Å². The predicted octanol–water partition coefficient (Wildman–Crippen LogP) is 13.3. The lowest BCUT2D eigenvalue weighted by Gasteiger charge is -2.27. The van der Waals surface area contributed by atoms with Crippen LogP contribution >= 0.6 is 17.0 Å². The second-order valence-corrected chi connectivity index (χ2v) is 13.8. The number of carbonyl (C=O) groups is 2. The smallest absolute Gasteiger partial charge is 0.144 e. The topological polar surface area (TPSA) is 37.4 Å². The highest BCUT2D eigenvalue weighted by atomic mass is 79.9. The molecule has 0 bridgehead atoms. The number of ketones is 2. The summed E-state index contributed by atoms with van der Waals surface area (Å²) in [7, 11) is 3.98. The molecule has 4 heteroatoms. The van der Waals surface area contributed by atoms with Gasteiger partial charge in [0.15, 0.2) is 0 Å². The Morgan fingerprint density at radius 3 is 1.02 bits per heavy atom. The Morgan fingerprint density at radius 1 is 0.467 bits per heavy atom. The molecule has 0 radical (unpaired) electrons. The van der Waals surface area contributed by atoms with Crippen LogP contribution in [0.1, 0.15) is 201 Å². The number of unbranched alkanes of at least 4 members (excludes halogenated alkanes) is 22. The lowest BCUT2D eigenvalue weighted by molar-refractivity contribution is -0.135. The van der Waals surface area contributed by atoms with Crippen molar-refractivity contribution in [1.29, 1.82) is 0 Å². The fourth-order valence-corrected chi connectivity index (χ4v) is 6.07.